The van der Waals surface area contributed by atoms with Crippen LogP contribution in [0.5, 0.6) is 0 Å². The molecule has 0 fully saturated rings. The molecule has 2 rings (SSSR count). The van der Waals surface area contributed by atoms with E-state index in [-0.39, 0.29) is 6.54 Å². The van der Waals surface area contributed by atoms with Crippen molar-refractivity contribution >= 4 is 15.9 Å². The number of benzene rings is 1. The van der Waals surface area contributed by atoms with Crippen LogP contribution in [0.4, 0.5) is 8.78 Å². The number of sulfonamides is 1. The number of hydrogen-bond acceptors (Lipinski definition) is 3. The Bertz CT molecular complexity index is 704. The first-order valence-electron chi connectivity index (χ1n) is 6.71. The number of carbonyl (C=O) groups is 1. The molecule has 0 saturated heterocycles. The maximum Gasteiger partial charge on any atom is 0.244 e. The van der Waals surface area contributed by atoms with Gasteiger partial charge in [0.05, 0.1) is 12.6 Å². The predicted octanol–water partition coefficient (Wildman–Crippen LogP) is 1.58. The molecular formula is C14H16F2N2O3S. The van der Waals surface area contributed by atoms with Crippen LogP contribution < -0.4 is 4.72 Å². The Balaban J connectivity index is 2.11. The van der Waals surface area contributed by atoms with E-state index in [1.807, 2.05) is 0 Å². The third-order valence-electron chi connectivity index (χ3n) is 3.25. The quantitative estimate of drug-likeness (QED) is 0.911. The Morgan fingerprint density at radius 1 is 1.32 bits per heavy atom. The van der Waals surface area contributed by atoms with E-state index >= 15 is 0 Å². The smallest absolute Gasteiger partial charge is 0.244 e. The van der Waals surface area contributed by atoms with Gasteiger partial charge in [-0.3, -0.25) is 4.79 Å². The average molecular weight is 330 g/mol. The van der Waals surface area contributed by atoms with Gasteiger partial charge in [-0.05, 0) is 31.6 Å². The molecule has 0 saturated carbocycles. The van der Waals surface area contributed by atoms with E-state index in [1.165, 1.54) is 30.0 Å². The summed E-state index contributed by atoms with van der Waals surface area (Å²) >= 11 is 0. The lowest BCUT2D eigenvalue weighted by atomic mass is 10.2. The van der Waals surface area contributed by atoms with Gasteiger partial charge >= 0.3 is 0 Å². The van der Waals surface area contributed by atoms with Crippen molar-refractivity contribution in [1.82, 2.24) is 9.62 Å². The van der Waals surface area contributed by atoms with E-state index in [4.69, 9.17) is 0 Å². The predicted molar refractivity (Wildman–Crippen MR) is 76.6 cm³/mol. The first-order chi connectivity index (χ1) is 10.3. The molecule has 1 atom stereocenters. The van der Waals surface area contributed by atoms with Crippen molar-refractivity contribution in [2.75, 3.05) is 13.1 Å². The van der Waals surface area contributed by atoms with Crippen molar-refractivity contribution in [2.45, 2.75) is 24.3 Å². The average Bonchev–Trinajstić information content (AvgIpc) is 2.46. The molecule has 1 amide bonds. The Kier molecular flexibility index (Phi) is 4.92. The largest absolute Gasteiger partial charge is 0.334 e. The van der Waals surface area contributed by atoms with Gasteiger partial charge in [-0.15, -0.1) is 0 Å². The Hall–Kier alpha value is -1.80. The number of halogens is 2. The summed E-state index contributed by atoms with van der Waals surface area (Å²) < 4.78 is 53.1. The van der Waals surface area contributed by atoms with Crippen LogP contribution in [-0.2, 0) is 14.8 Å². The van der Waals surface area contributed by atoms with Gasteiger partial charge in [-0.2, -0.15) is 4.72 Å². The number of nitrogens with zero attached hydrogens (tertiary/aromatic N) is 1. The fraction of sp³-hybridized carbons (Fsp3) is 0.357. The molecular weight excluding hydrogens is 314 g/mol. The molecule has 1 aliphatic heterocycles. The molecule has 0 radical (unpaired) electrons. The highest BCUT2D eigenvalue weighted by Gasteiger charge is 2.28. The molecule has 8 heteroatoms. The van der Waals surface area contributed by atoms with Crippen LogP contribution in [-0.4, -0.2) is 38.4 Å². The van der Waals surface area contributed by atoms with Crippen LogP contribution in [0.25, 0.3) is 0 Å². The van der Waals surface area contributed by atoms with E-state index in [0.29, 0.717) is 13.0 Å². The molecule has 0 spiro atoms. The van der Waals surface area contributed by atoms with Crippen molar-refractivity contribution < 1.29 is 22.0 Å². The van der Waals surface area contributed by atoms with E-state index in [0.717, 1.165) is 12.1 Å². The lowest BCUT2D eigenvalue weighted by molar-refractivity contribution is -0.132. The Morgan fingerprint density at radius 2 is 2.00 bits per heavy atom. The summed E-state index contributed by atoms with van der Waals surface area (Å²) in [4.78, 5) is 12.8. The zero-order valence-corrected chi connectivity index (χ0v) is 12.7. The lowest BCUT2D eigenvalue weighted by Crippen LogP contribution is -2.48. The maximum atomic E-state index is 13.6. The summed E-state index contributed by atoms with van der Waals surface area (Å²) in [5.41, 5.74) is 0. The summed E-state index contributed by atoms with van der Waals surface area (Å²) in [6.07, 6.45) is 1.77. The fourth-order valence-electron chi connectivity index (χ4n) is 2.17. The molecule has 1 N–H and O–H groups in total. The van der Waals surface area contributed by atoms with Crippen LogP contribution in [0.2, 0.25) is 0 Å². The molecule has 1 aromatic rings. The molecule has 0 aromatic heterocycles. The molecule has 0 bridgehead atoms. The lowest BCUT2D eigenvalue weighted by Gasteiger charge is -2.27. The van der Waals surface area contributed by atoms with Crippen molar-refractivity contribution in [3.8, 4) is 0 Å². The van der Waals surface area contributed by atoms with Crippen molar-refractivity contribution in [3.05, 3.63) is 42.0 Å². The SMILES string of the molecule is C[C@H](NS(=O)(=O)c1ccccc1F)C(=O)N1CCC=C(F)C1. The van der Waals surface area contributed by atoms with Gasteiger partial charge < -0.3 is 4.90 Å². The second-order valence-corrected chi connectivity index (χ2v) is 6.66. The van der Waals surface area contributed by atoms with Crippen LogP contribution in [0.15, 0.2) is 41.1 Å². The van der Waals surface area contributed by atoms with Crippen molar-refractivity contribution in [2.24, 2.45) is 0 Å². The molecule has 120 valence electrons. The van der Waals surface area contributed by atoms with Gasteiger partial charge in [0.1, 0.15) is 16.5 Å². The van der Waals surface area contributed by atoms with Gasteiger partial charge in [0.2, 0.25) is 15.9 Å². The summed E-state index contributed by atoms with van der Waals surface area (Å²) in [7, 11) is -4.17. The summed E-state index contributed by atoms with van der Waals surface area (Å²) in [5, 5.41) is 0. The van der Waals surface area contributed by atoms with Gasteiger partial charge in [0.25, 0.3) is 0 Å². The maximum absolute atomic E-state index is 13.6. The van der Waals surface area contributed by atoms with Crippen molar-refractivity contribution in [3.63, 3.8) is 0 Å². The normalized spacial score (nSPS) is 17.0. The van der Waals surface area contributed by atoms with E-state index < -0.39 is 38.5 Å². The zero-order valence-electron chi connectivity index (χ0n) is 11.9. The molecule has 5 nitrogen and oxygen atoms in total. The minimum Gasteiger partial charge on any atom is -0.334 e. The van der Waals surface area contributed by atoms with E-state index in [1.54, 1.807) is 0 Å². The number of hydrogen-bond donors (Lipinski definition) is 1. The molecule has 1 aliphatic rings. The highest BCUT2D eigenvalue weighted by molar-refractivity contribution is 7.89. The van der Waals surface area contributed by atoms with Gasteiger partial charge in [-0.25, -0.2) is 17.2 Å². The molecule has 1 aromatic carbocycles. The number of carbonyl (C=O) groups excluding carboxylic acids is 1. The fourth-order valence-corrected chi connectivity index (χ4v) is 3.45. The highest BCUT2D eigenvalue weighted by Crippen LogP contribution is 2.15. The van der Waals surface area contributed by atoms with E-state index in [2.05, 4.69) is 4.72 Å². The second-order valence-electron chi connectivity index (χ2n) is 4.97. The first-order valence-corrected chi connectivity index (χ1v) is 8.20. The topological polar surface area (TPSA) is 66.5 Å². The number of rotatable bonds is 4. The van der Waals surface area contributed by atoms with Crippen molar-refractivity contribution in [1.29, 1.82) is 0 Å². The summed E-state index contributed by atoms with van der Waals surface area (Å²) in [6, 6.07) is 3.76. The van der Waals surface area contributed by atoms with Crippen LogP contribution in [0.1, 0.15) is 13.3 Å². The number of nitrogens with one attached hydrogen (secondary N) is 1. The first kappa shape index (κ1) is 16.6. The van der Waals surface area contributed by atoms with E-state index in [9.17, 15) is 22.0 Å². The third-order valence-corrected chi connectivity index (χ3v) is 4.82. The number of amides is 1. The molecule has 0 aliphatic carbocycles. The molecule has 22 heavy (non-hydrogen) atoms. The molecule has 1 heterocycles. The zero-order chi connectivity index (χ0) is 16.3. The monoisotopic (exact) mass is 330 g/mol. The standard InChI is InChI=1S/C14H16F2N2O3S/c1-10(14(19)18-8-4-5-11(15)9-18)17-22(20,21)13-7-3-2-6-12(13)16/h2-3,5-7,10,17H,4,8-9H2,1H3/t10-/m0/s1. The van der Waals surface area contributed by atoms with Crippen LogP contribution >= 0.6 is 0 Å². The van der Waals surface area contributed by atoms with Crippen LogP contribution in [0.3, 0.4) is 0 Å². The van der Waals surface area contributed by atoms with Gasteiger partial charge in [0.15, 0.2) is 0 Å². The second kappa shape index (κ2) is 6.53. The third kappa shape index (κ3) is 3.69. The Morgan fingerprint density at radius 3 is 2.64 bits per heavy atom. The Labute approximate surface area is 127 Å². The minimum atomic E-state index is -4.17. The minimum absolute atomic E-state index is 0.176. The summed E-state index contributed by atoms with van der Waals surface area (Å²) in [5.74, 6) is -1.88. The summed E-state index contributed by atoms with van der Waals surface area (Å²) in [6.45, 7) is 1.49. The van der Waals surface area contributed by atoms with Gasteiger partial charge in [0, 0.05) is 6.54 Å². The van der Waals surface area contributed by atoms with Gasteiger partial charge in [-0.1, -0.05) is 12.1 Å². The molecule has 0 unspecified atom stereocenters. The van der Waals surface area contributed by atoms with Crippen LogP contribution in [0, 0.1) is 5.82 Å². The highest BCUT2D eigenvalue weighted by atomic mass is 32.2.